The molecule has 3 aliphatic rings. The Morgan fingerprint density at radius 3 is 2.38 bits per heavy atom. The molecule has 2 heteroatoms. The van der Waals surface area contributed by atoms with E-state index in [0.717, 1.165) is 36.1 Å². The molecule has 0 aliphatic heterocycles. The van der Waals surface area contributed by atoms with Crippen LogP contribution in [0.5, 0.6) is 0 Å². The van der Waals surface area contributed by atoms with Gasteiger partial charge in [-0.05, 0) is 76.4 Å². The first-order valence-electron chi connectivity index (χ1n) is 7.05. The van der Waals surface area contributed by atoms with Crippen molar-refractivity contribution in [1.29, 1.82) is 0 Å². The van der Waals surface area contributed by atoms with Crippen molar-refractivity contribution in [2.45, 2.75) is 32.2 Å². The van der Waals surface area contributed by atoms with E-state index in [2.05, 4.69) is 31.2 Å². The van der Waals surface area contributed by atoms with Gasteiger partial charge >= 0.3 is 0 Å². The number of likely N-dealkylation sites (N-methyl/N-ethyl adjacent to an activating group) is 1. The molecule has 0 heterocycles. The van der Waals surface area contributed by atoms with Crippen LogP contribution < -0.4 is 5.32 Å². The van der Waals surface area contributed by atoms with Crippen LogP contribution in [0.4, 0.5) is 0 Å². The van der Waals surface area contributed by atoms with Crippen LogP contribution in [0.1, 0.15) is 26.2 Å². The van der Waals surface area contributed by atoms with Gasteiger partial charge in [0, 0.05) is 12.6 Å². The summed E-state index contributed by atoms with van der Waals surface area (Å²) in [6.45, 7) is 4.76. The molecule has 0 amide bonds. The first kappa shape index (κ1) is 11.0. The molecule has 3 aliphatic carbocycles. The number of hydrogen-bond acceptors (Lipinski definition) is 2. The van der Waals surface area contributed by atoms with Crippen molar-refractivity contribution in [1.82, 2.24) is 10.2 Å². The topological polar surface area (TPSA) is 15.3 Å². The van der Waals surface area contributed by atoms with Crippen molar-refractivity contribution in [3.63, 3.8) is 0 Å². The van der Waals surface area contributed by atoms with E-state index in [1.54, 1.807) is 19.3 Å². The Hall–Kier alpha value is -0.0800. The fourth-order valence-corrected chi connectivity index (χ4v) is 4.73. The Labute approximate surface area is 99.8 Å². The maximum atomic E-state index is 3.73. The number of rotatable bonds is 5. The summed E-state index contributed by atoms with van der Waals surface area (Å²) in [5.41, 5.74) is 0. The summed E-state index contributed by atoms with van der Waals surface area (Å²) in [6, 6.07) is 0.647. The molecule has 1 N–H and O–H groups in total. The molecule has 0 radical (unpaired) electrons. The van der Waals surface area contributed by atoms with Crippen LogP contribution in [0.3, 0.4) is 0 Å². The Bertz CT molecular complexity index is 247. The SMILES string of the molecule is CC(CN(C)C)NCC1C2C3CCC(C3)C12. The molecule has 0 aromatic heterocycles. The average Bonchev–Trinajstić information content (AvgIpc) is 2.62. The number of hydrogen-bond donors (Lipinski definition) is 1. The van der Waals surface area contributed by atoms with E-state index < -0.39 is 0 Å². The predicted molar refractivity (Wildman–Crippen MR) is 67.3 cm³/mol. The van der Waals surface area contributed by atoms with Crippen LogP contribution >= 0.6 is 0 Å². The van der Waals surface area contributed by atoms with E-state index >= 15 is 0 Å². The molecule has 16 heavy (non-hydrogen) atoms. The van der Waals surface area contributed by atoms with Gasteiger partial charge in [-0.25, -0.2) is 0 Å². The number of nitrogens with one attached hydrogen (secondary N) is 1. The lowest BCUT2D eigenvalue weighted by atomic mass is 10.0. The summed E-state index contributed by atoms with van der Waals surface area (Å²) >= 11 is 0. The summed E-state index contributed by atoms with van der Waals surface area (Å²) in [5.74, 6) is 5.59. The zero-order chi connectivity index (χ0) is 11.3. The van der Waals surface area contributed by atoms with Gasteiger partial charge < -0.3 is 10.2 Å². The monoisotopic (exact) mass is 222 g/mol. The summed E-state index contributed by atoms with van der Waals surface area (Å²) in [7, 11) is 4.31. The minimum absolute atomic E-state index is 0.647. The maximum Gasteiger partial charge on any atom is 0.0166 e. The lowest BCUT2D eigenvalue weighted by molar-refractivity contribution is 0.337. The first-order valence-corrected chi connectivity index (χ1v) is 7.05. The summed E-state index contributed by atoms with van der Waals surface area (Å²) in [6.07, 6.45) is 4.68. The Kier molecular flexibility index (Phi) is 2.75. The molecule has 0 spiro atoms. The molecular formula is C14H26N2. The quantitative estimate of drug-likeness (QED) is 0.763. The van der Waals surface area contributed by atoms with Gasteiger partial charge in [0.25, 0.3) is 0 Å². The average molecular weight is 222 g/mol. The van der Waals surface area contributed by atoms with Crippen LogP contribution in [-0.4, -0.2) is 38.1 Å². The fourth-order valence-electron chi connectivity index (χ4n) is 4.73. The number of fused-ring (bicyclic) bond motifs is 5. The van der Waals surface area contributed by atoms with E-state index in [-0.39, 0.29) is 0 Å². The molecule has 0 aromatic rings. The largest absolute Gasteiger partial charge is 0.313 e. The highest BCUT2D eigenvalue weighted by Gasteiger charge is 2.64. The first-order chi connectivity index (χ1) is 7.66. The summed E-state index contributed by atoms with van der Waals surface area (Å²) < 4.78 is 0. The van der Waals surface area contributed by atoms with Crippen molar-refractivity contribution < 1.29 is 0 Å². The van der Waals surface area contributed by atoms with Crippen molar-refractivity contribution >= 4 is 0 Å². The van der Waals surface area contributed by atoms with Crippen molar-refractivity contribution in [3.8, 4) is 0 Å². The van der Waals surface area contributed by atoms with Gasteiger partial charge in [0.2, 0.25) is 0 Å². The molecule has 3 saturated carbocycles. The molecule has 3 fully saturated rings. The van der Waals surface area contributed by atoms with Gasteiger partial charge in [-0.2, -0.15) is 0 Å². The second-order valence-corrected chi connectivity index (χ2v) is 6.72. The predicted octanol–water partition coefficient (Wildman–Crippen LogP) is 1.82. The third-order valence-electron chi connectivity index (χ3n) is 5.24. The smallest absolute Gasteiger partial charge is 0.0166 e. The van der Waals surface area contributed by atoms with Crippen LogP contribution in [0.15, 0.2) is 0 Å². The van der Waals surface area contributed by atoms with Gasteiger partial charge in [0.1, 0.15) is 0 Å². The second-order valence-electron chi connectivity index (χ2n) is 6.72. The van der Waals surface area contributed by atoms with Gasteiger partial charge in [-0.1, -0.05) is 0 Å². The maximum absolute atomic E-state index is 3.73. The Morgan fingerprint density at radius 2 is 1.81 bits per heavy atom. The molecule has 2 bridgehead atoms. The zero-order valence-electron chi connectivity index (χ0n) is 10.9. The molecule has 0 aromatic carbocycles. The van der Waals surface area contributed by atoms with E-state index in [1.807, 2.05) is 0 Å². The van der Waals surface area contributed by atoms with Gasteiger partial charge in [-0.15, -0.1) is 0 Å². The Morgan fingerprint density at radius 1 is 1.19 bits per heavy atom. The molecule has 2 nitrogen and oxygen atoms in total. The van der Waals surface area contributed by atoms with E-state index in [4.69, 9.17) is 0 Å². The fraction of sp³-hybridized carbons (Fsp3) is 1.00. The second kappa shape index (κ2) is 3.99. The third-order valence-corrected chi connectivity index (χ3v) is 5.24. The van der Waals surface area contributed by atoms with Crippen molar-refractivity contribution in [2.75, 3.05) is 27.2 Å². The highest BCUT2D eigenvalue weighted by Crippen LogP contribution is 2.69. The minimum Gasteiger partial charge on any atom is -0.313 e. The van der Waals surface area contributed by atoms with Crippen LogP contribution in [0, 0.1) is 29.6 Å². The summed E-state index contributed by atoms with van der Waals surface area (Å²) in [4.78, 5) is 2.27. The van der Waals surface area contributed by atoms with Gasteiger partial charge in [0.15, 0.2) is 0 Å². The highest BCUT2D eigenvalue weighted by atomic mass is 15.1. The lowest BCUT2D eigenvalue weighted by Gasteiger charge is -2.19. The standard InChI is InChI=1S/C14H26N2/c1-9(8-16(2)3)15-7-12-13-10-4-5-11(6-10)14(12)13/h9-15H,4-8H2,1-3H3. The molecule has 92 valence electrons. The van der Waals surface area contributed by atoms with Crippen molar-refractivity contribution in [2.24, 2.45) is 29.6 Å². The molecule has 0 saturated heterocycles. The van der Waals surface area contributed by atoms with Crippen LogP contribution in [-0.2, 0) is 0 Å². The van der Waals surface area contributed by atoms with Crippen LogP contribution in [0.25, 0.3) is 0 Å². The third kappa shape index (κ3) is 1.80. The van der Waals surface area contributed by atoms with Gasteiger partial charge in [0.05, 0.1) is 0 Å². The lowest BCUT2D eigenvalue weighted by Crippen LogP contribution is -2.37. The molecular weight excluding hydrogens is 196 g/mol. The normalized spacial score (nSPS) is 46.1. The number of nitrogens with zero attached hydrogens (tertiary/aromatic N) is 1. The van der Waals surface area contributed by atoms with E-state index in [1.165, 1.54) is 6.54 Å². The van der Waals surface area contributed by atoms with E-state index in [0.29, 0.717) is 6.04 Å². The molecule has 3 rings (SSSR count). The zero-order valence-corrected chi connectivity index (χ0v) is 10.9. The highest BCUT2D eigenvalue weighted by molar-refractivity contribution is 5.13. The Balaban J connectivity index is 1.42. The van der Waals surface area contributed by atoms with Gasteiger partial charge in [-0.3, -0.25) is 0 Å². The molecule has 5 unspecified atom stereocenters. The van der Waals surface area contributed by atoms with Crippen LogP contribution in [0.2, 0.25) is 0 Å². The van der Waals surface area contributed by atoms with Crippen molar-refractivity contribution in [3.05, 3.63) is 0 Å². The molecule has 5 atom stereocenters. The minimum atomic E-state index is 0.647. The van der Waals surface area contributed by atoms with E-state index in [9.17, 15) is 0 Å². The summed E-state index contributed by atoms with van der Waals surface area (Å²) in [5, 5.41) is 3.73.